The summed E-state index contributed by atoms with van der Waals surface area (Å²) in [5.74, 6) is -2.03. The predicted octanol–water partition coefficient (Wildman–Crippen LogP) is 10.9. The molecule has 4 fully saturated rings. The van der Waals surface area contributed by atoms with Crippen molar-refractivity contribution in [3.05, 3.63) is 57.6 Å². The zero-order chi connectivity index (χ0) is 36.7. The van der Waals surface area contributed by atoms with Crippen LogP contribution in [0.5, 0.6) is 11.5 Å². The fourth-order valence-corrected chi connectivity index (χ4v) is 11.0. The van der Waals surface area contributed by atoms with Gasteiger partial charge in [0.25, 0.3) is 0 Å². The molecule has 0 unspecified atom stereocenters. The first-order valence-electron chi connectivity index (χ1n) is 20.4. The monoisotopic (exact) mass is 700 g/mol. The van der Waals surface area contributed by atoms with E-state index in [1.165, 1.54) is 0 Å². The summed E-state index contributed by atoms with van der Waals surface area (Å²) >= 11 is 0. The number of carbonyl (C=O) groups is 2. The van der Waals surface area contributed by atoms with Crippen molar-refractivity contribution in [3.63, 3.8) is 0 Å². The summed E-state index contributed by atoms with van der Waals surface area (Å²) in [6.45, 7) is 8.88. The molecule has 4 N–H and O–H groups in total. The highest BCUT2D eigenvalue weighted by Gasteiger charge is 2.49. The minimum atomic E-state index is -2.13. The van der Waals surface area contributed by atoms with Gasteiger partial charge in [0.2, 0.25) is 0 Å². The molecule has 0 aromatic heterocycles. The number of rotatable bonds is 10. The van der Waals surface area contributed by atoms with E-state index >= 15 is 0 Å². The number of aromatic hydroxyl groups is 2. The van der Waals surface area contributed by atoms with Gasteiger partial charge in [0, 0.05) is 22.3 Å². The Labute approximate surface area is 306 Å². The summed E-state index contributed by atoms with van der Waals surface area (Å²) in [5, 5.41) is 46.1. The molecular weight excluding hydrogens is 636 g/mol. The molecule has 280 valence electrons. The summed E-state index contributed by atoms with van der Waals surface area (Å²) in [6.07, 6.45) is 20.4. The van der Waals surface area contributed by atoms with Crippen molar-refractivity contribution in [2.75, 3.05) is 0 Å². The van der Waals surface area contributed by atoms with E-state index in [2.05, 4.69) is 27.7 Å². The molecule has 0 atom stereocenters. The maximum atomic E-state index is 13.5. The Bertz CT molecular complexity index is 1380. The van der Waals surface area contributed by atoms with E-state index in [9.17, 15) is 30.0 Å². The van der Waals surface area contributed by atoms with Crippen LogP contribution in [0.1, 0.15) is 189 Å². The Morgan fingerprint density at radius 3 is 0.882 bits per heavy atom. The molecule has 6 heteroatoms. The maximum absolute atomic E-state index is 13.5. The van der Waals surface area contributed by atoms with Crippen LogP contribution in [0.3, 0.4) is 0 Å². The van der Waals surface area contributed by atoms with Gasteiger partial charge in [0.15, 0.2) is 5.41 Å². The molecule has 51 heavy (non-hydrogen) atoms. The van der Waals surface area contributed by atoms with Crippen molar-refractivity contribution in [2.24, 2.45) is 5.41 Å². The second kappa shape index (κ2) is 14.4. The average molecular weight is 701 g/mol. The number of phenols is 2. The summed E-state index contributed by atoms with van der Waals surface area (Å²) in [5.41, 5.74) is 1.66. The molecule has 0 amide bonds. The van der Waals surface area contributed by atoms with E-state index in [0.29, 0.717) is 22.6 Å². The highest BCUT2D eigenvalue weighted by atomic mass is 16.4. The molecule has 0 aliphatic heterocycles. The largest absolute Gasteiger partial charge is 0.507 e. The van der Waals surface area contributed by atoms with E-state index in [1.54, 1.807) is 0 Å². The first-order valence-corrected chi connectivity index (χ1v) is 20.4. The van der Waals surface area contributed by atoms with Gasteiger partial charge in [-0.05, 0) is 97.0 Å². The number of hydrogen-bond acceptors (Lipinski definition) is 4. The number of carboxylic acids is 2. The van der Waals surface area contributed by atoms with Gasteiger partial charge in [-0.15, -0.1) is 0 Å². The van der Waals surface area contributed by atoms with Crippen LogP contribution in [0.2, 0.25) is 0 Å². The highest BCUT2D eigenvalue weighted by Crippen LogP contribution is 2.52. The Kier molecular flexibility index (Phi) is 10.7. The van der Waals surface area contributed by atoms with Crippen LogP contribution in [-0.2, 0) is 44.1 Å². The van der Waals surface area contributed by atoms with E-state index in [0.717, 1.165) is 151 Å². The quantitative estimate of drug-likeness (QED) is 0.183. The molecule has 0 heterocycles. The van der Waals surface area contributed by atoms with Crippen molar-refractivity contribution < 1.29 is 30.0 Å². The fraction of sp³-hybridized carbons (Fsp3) is 0.689. The molecule has 2 aromatic rings. The third-order valence-corrected chi connectivity index (χ3v) is 14.6. The summed E-state index contributed by atoms with van der Waals surface area (Å²) in [6, 6.07) is 7.82. The lowest BCUT2D eigenvalue weighted by Gasteiger charge is -2.40. The molecule has 2 aromatic carbocycles. The van der Waals surface area contributed by atoms with Gasteiger partial charge in [0.1, 0.15) is 11.5 Å². The van der Waals surface area contributed by atoms with Gasteiger partial charge in [0.05, 0.1) is 0 Å². The maximum Gasteiger partial charge on any atom is 0.321 e. The van der Waals surface area contributed by atoms with E-state index < -0.39 is 17.4 Å². The number of carboxylic acid groups (broad SMARTS) is 2. The summed E-state index contributed by atoms with van der Waals surface area (Å²) in [7, 11) is 0. The molecular formula is C45H64O6. The third kappa shape index (κ3) is 7.19. The van der Waals surface area contributed by atoms with Gasteiger partial charge in [-0.3, -0.25) is 9.59 Å². The second-order valence-corrected chi connectivity index (χ2v) is 18.6. The van der Waals surface area contributed by atoms with E-state index in [-0.39, 0.29) is 34.5 Å². The van der Waals surface area contributed by atoms with Crippen molar-refractivity contribution in [2.45, 2.75) is 191 Å². The smallest absolute Gasteiger partial charge is 0.321 e. The number of phenolic OH excluding ortho intramolecular Hbond substituents is 2. The van der Waals surface area contributed by atoms with Gasteiger partial charge in [-0.1, -0.05) is 129 Å². The number of aliphatic carboxylic acids is 2. The summed E-state index contributed by atoms with van der Waals surface area (Å²) < 4.78 is 0. The first kappa shape index (κ1) is 37.7. The van der Waals surface area contributed by atoms with Crippen LogP contribution in [-0.4, -0.2) is 32.4 Å². The van der Waals surface area contributed by atoms with E-state index in [4.69, 9.17) is 0 Å². The molecule has 4 saturated carbocycles. The molecule has 4 aliphatic carbocycles. The molecule has 0 saturated heterocycles. The molecule has 6 rings (SSSR count). The Balaban J connectivity index is 1.49. The average Bonchev–Trinajstić information content (AvgIpc) is 3.10. The van der Waals surface area contributed by atoms with Crippen LogP contribution in [0, 0.1) is 5.41 Å². The van der Waals surface area contributed by atoms with Crippen LogP contribution < -0.4 is 0 Å². The van der Waals surface area contributed by atoms with E-state index in [1.807, 2.05) is 24.3 Å². The minimum Gasteiger partial charge on any atom is -0.507 e. The first-order chi connectivity index (χ1) is 24.1. The SMILES string of the molecule is CC1(c2cc(CC(Cc3cc(C4(C)CCCCC4)c(O)c(C4(C)CCCCC4)c3)(C(=O)O)C(=O)O)cc(C3(C)CCCCC3)c2O)CCCCC1. The molecule has 0 radical (unpaired) electrons. The third-order valence-electron chi connectivity index (χ3n) is 14.6. The van der Waals surface area contributed by atoms with Crippen molar-refractivity contribution in [1.29, 1.82) is 0 Å². The van der Waals surface area contributed by atoms with Gasteiger partial charge in [-0.2, -0.15) is 0 Å². The molecule has 6 nitrogen and oxygen atoms in total. The lowest BCUT2D eigenvalue weighted by atomic mass is 9.64. The van der Waals surface area contributed by atoms with Crippen LogP contribution >= 0.6 is 0 Å². The normalized spacial score (nSPS) is 23.0. The standard InChI is InChI=1S/C45H64O6/c1-41(17-9-5-10-18-41)33-25-31(26-34(37(33)46)42(2)19-11-6-12-20-42)29-45(39(48)49,40(50)51)30-32-27-35(43(3)21-13-7-14-22-43)38(47)36(28-32)44(4)23-15-8-16-24-44/h25-28,46-47H,5-24,29-30H2,1-4H3,(H,48,49)(H,50,51). The van der Waals surface area contributed by atoms with Crippen molar-refractivity contribution in [1.82, 2.24) is 0 Å². The molecule has 4 aliphatic rings. The Morgan fingerprint density at radius 1 is 0.471 bits per heavy atom. The number of hydrogen-bond donors (Lipinski definition) is 4. The zero-order valence-electron chi connectivity index (χ0n) is 32.0. The lowest BCUT2D eigenvalue weighted by molar-refractivity contribution is -0.164. The zero-order valence-corrected chi connectivity index (χ0v) is 32.0. The Morgan fingerprint density at radius 2 is 0.686 bits per heavy atom. The van der Waals surface area contributed by atoms with Gasteiger partial charge in [-0.25, -0.2) is 0 Å². The summed E-state index contributed by atoms with van der Waals surface area (Å²) in [4.78, 5) is 27.0. The van der Waals surface area contributed by atoms with Crippen LogP contribution in [0.4, 0.5) is 0 Å². The van der Waals surface area contributed by atoms with Crippen LogP contribution in [0.15, 0.2) is 24.3 Å². The minimum absolute atomic E-state index is 0.176. The van der Waals surface area contributed by atoms with Gasteiger partial charge >= 0.3 is 11.9 Å². The fourth-order valence-electron chi connectivity index (χ4n) is 11.0. The topological polar surface area (TPSA) is 115 Å². The second-order valence-electron chi connectivity index (χ2n) is 18.6. The Hall–Kier alpha value is -3.02. The van der Waals surface area contributed by atoms with Gasteiger partial charge < -0.3 is 20.4 Å². The molecule has 0 spiro atoms. The highest BCUT2D eigenvalue weighted by molar-refractivity contribution is 5.99. The number of benzene rings is 2. The predicted molar refractivity (Wildman–Crippen MR) is 203 cm³/mol. The molecule has 0 bridgehead atoms. The van der Waals surface area contributed by atoms with Crippen LogP contribution in [0.25, 0.3) is 0 Å². The van der Waals surface area contributed by atoms with Crippen molar-refractivity contribution in [3.8, 4) is 11.5 Å². The lowest BCUT2D eigenvalue weighted by Crippen LogP contribution is -2.43. The van der Waals surface area contributed by atoms with Crippen molar-refractivity contribution >= 4 is 11.9 Å².